The molecule has 0 bridgehead atoms. The quantitative estimate of drug-likeness (QED) is 0.662. The number of alkyl halides is 3. The lowest BCUT2D eigenvalue weighted by atomic mass is 10.2. The monoisotopic (exact) mass is 222 g/mol. The molecule has 0 radical (unpaired) electrons. The van der Waals surface area contributed by atoms with Crippen molar-refractivity contribution in [3.63, 3.8) is 0 Å². The van der Waals surface area contributed by atoms with Crippen LogP contribution in [0.2, 0.25) is 0 Å². The van der Waals surface area contributed by atoms with Crippen LogP contribution >= 0.6 is 0 Å². The van der Waals surface area contributed by atoms with Gasteiger partial charge in [-0.05, 0) is 6.07 Å². The average molecular weight is 222 g/mol. The molecule has 0 amide bonds. The van der Waals surface area contributed by atoms with E-state index in [4.69, 9.17) is 10.3 Å². The molecular formula is C7H5F3N2O3. The van der Waals surface area contributed by atoms with E-state index in [1.807, 2.05) is 0 Å². The first-order chi connectivity index (χ1) is 6.86. The molecule has 5 nitrogen and oxygen atoms in total. The van der Waals surface area contributed by atoms with Crippen LogP contribution in [0, 0.1) is 0 Å². The summed E-state index contributed by atoms with van der Waals surface area (Å²) >= 11 is 0. The summed E-state index contributed by atoms with van der Waals surface area (Å²) in [6.45, 7) is 0. The second-order valence-electron chi connectivity index (χ2n) is 2.53. The number of hydrogen-bond acceptors (Lipinski definition) is 4. The number of nitrogens with zero attached hydrogens (tertiary/aromatic N) is 1. The zero-order valence-corrected chi connectivity index (χ0v) is 7.04. The van der Waals surface area contributed by atoms with Crippen molar-refractivity contribution in [2.45, 2.75) is 6.18 Å². The molecule has 0 aliphatic carbocycles. The van der Waals surface area contributed by atoms with Gasteiger partial charge in [0.2, 0.25) is 0 Å². The molecule has 3 N–H and O–H groups in total. The number of halogens is 3. The Kier molecular flexibility index (Phi) is 2.80. The summed E-state index contributed by atoms with van der Waals surface area (Å²) in [7, 11) is 0. The molecule has 1 aromatic heterocycles. The molecule has 0 aliphatic rings. The minimum absolute atomic E-state index is 0.383. The van der Waals surface area contributed by atoms with Crippen molar-refractivity contribution in [1.29, 1.82) is 0 Å². The van der Waals surface area contributed by atoms with Crippen molar-refractivity contribution in [3.05, 3.63) is 23.4 Å². The van der Waals surface area contributed by atoms with Gasteiger partial charge in [0.15, 0.2) is 5.82 Å². The Hall–Kier alpha value is -1.83. The fraction of sp³-hybridized carbons (Fsp3) is 0.143. The number of anilines is 1. The zero-order chi connectivity index (χ0) is 11.6. The van der Waals surface area contributed by atoms with Crippen molar-refractivity contribution in [2.75, 3.05) is 5.48 Å². The van der Waals surface area contributed by atoms with Crippen LogP contribution in [0.15, 0.2) is 12.3 Å². The van der Waals surface area contributed by atoms with Crippen LogP contribution in [0.4, 0.5) is 19.0 Å². The molecule has 0 unspecified atom stereocenters. The maximum atomic E-state index is 12.2. The van der Waals surface area contributed by atoms with Crippen LogP contribution in [-0.4, -0.2) is 21.3 Å². The summed E-state index contributed by atoms with van der Waals surface area (Å²) in [5.74, 6) is -2.17. The molecule has 15 heavy (non-hydrogen) atoms. The number of aromatic carboxylic acids is 1. The van der Waals surface area contributed by atoms with Gasteiger partial charge in [0.1, 0.15) is 5.56 Å². The molecule has 1 heterocycles. The Labute approximate surface area is 81.1 Å². The fourth-order valence-electron chi connectivity index (χ4n) is 0.872. The molecule has 0 saturated heterocycles. The van der Waals surface area contributed by atoms with Gasteiger partial charge in [-0.3, -0.25) is 10.7 Å². The van der Waals surface area contributed by atoms with E-state index in [-0.39, 0.29) is 0 Å². The number of carboxylic acids is 1. The Morgan fingerprint density at radius 1 is 1.47 bits per heavy atom. The van der Waals surface area contributed by atoms with Gasteiger partial charge >= 0.3 is 12.1 Å². The first kappa shape index (κ1) is 11.2. The number of rotatable bonds is 2. The van der Waals surface area contributed by atoms with Crippen LogP contribution < -0.4 is 5.48 Å². The summed E-state index contributed by atoms with van der Waals surface area (Å²) in [6.07, 6.45) is -4.25. The fourth-order valence-corrected chi connectivity index (χ4v) is 0.872. The van der Waals surface area contributed by atoms with Crippen molar-refractivity contribution in [2.24, 2.45) is 0 Å². The van der Waals surface area contributed by atoms with Crippen molar-refractivity contribution < 1.29 is 28.3 Å². The van der Waals surface area contributed by atoms with Gasteiger partial charge in [-0.2, -0.15) is 13.2 Å². The van der Waals surface area contributed by atoms with E-state index in [1.54, 1.807) is 0 Å². The van der Waals surface area contributed by atoms with Gasteiger partial charge in [-0.25, -0.2) is 9.78 Å². The van der Waals surface area contributed by atoms with Crippen molar-refractivity contribution in [3.8, 4) is 0 Å². The summed E-state index contributed by atoms with van der Waals surface area (Å²) in [6, 6.07) is 0.383. The van der Waals surface area contributed by atoms with E-state index in [0.29, 0.717) is 12.3 Å². The number of nitrogens with one attached hydrogen (secondary N) is 1. The number of hydrogen-bond donors (Lipinski definition) is 3. The molecule has 0 spiro atoms. The maximum absolute atomic E-state index is 12.2. The molecule has 1 aromatic rings. The lowest BCUT2D eigenvalue weighted by molar-refractivity contribution is -0.137. The van der Waals surface area contributed by atoms with Crippen LogP contribution in [-0.2, 0) is 6.18 Å². The van der Waals surface area contributed by atoms with Crippen molar-refractivity contribution >= 4 is 11.8 Å². The molecule has 0 saturated carbocycles. The first-order valence-corrected chi connectivity index (χ1v) is 3.57. The van der Waals surface area contributed by atoms with Gasteiger partial charge in [0, 0.05) is 6.20 Å². The Morgan fingerprint density at radius 2 is 2.07 bits per heavy atom. The van der Waals surface area contributed by atoms with E-state index in [9.17, 15) is 18.0 Å². The topological polar surface area (TPSA) is 82.5 Å². The smallest absolute Gasteiger partial charge is 0.417 e. The molecule has 1 rings (SSSR count). The highest BCUT2D eigenvalue weighted by Crippen LogP contribution is 2.30. The highest BCUT2D eigenvalue weighted by atomic mass is 19.4. The standard InChI is InChI=1S/C7H5F3N2O3/c8-7(9,10)3-1-4(6(13)14)5(12-15)11-2-3/h1-2,15H,(H,11,12)(H,13,14). The van der Waals surface area contributed by atoms with Crippen LogP contribution in [0.3, 0.4) is 0 Å². The SMILES string of the molecule is O=C(O)c1cc(C(F)(F)F)cnc1NO. The molecule has 0 aliphatic heterocycles. The van der Waals surface area contributed by atoms with Crippen LogP contribution in [0.1, 0.15) is 15.9 Å². The summed E-state index contributed by atoms with van der Waals surface area (Å²) in [5.41, 5.74) is -0.556. The third-order valence-electron chi connectivity index (χ3n) is 1.55. The minimum atomic E-state index is -4.68. The predicted octanol–water partition coefficient (Wildman–Crippen LogP) is 1.60. The number of aromatic nitrogens is 1. The molecule has 8 heteroatoms. The lowest BCUT2D eigenvalue weighted by Crippen LogP contribution is -2.11. The molecule has 0 aromatic carbocycles. The normalized spacial score (nSPS) is 11.2. The highest BCUT2D eigenvalue weighted by Gasteiger charge is 2.32. The highest BCUT2D eigenvalue weighted by molar-refractivity contribution is 5.93. The first-order valence-electron chi connectivity index (χ1n) is 3.57. The van der Waals surface area contributed by atoms with Gasteiger partial charge in [0.05, 0.1) is 5.56 Å². The van der Waals surface area contributed by atoms with Gasteiger partial charge in [0.25, 0.3) is 0 Å². The Morgan fingerprint density at radius 3 is 2.47 bits per heavy atom. The van der Waals surface area contributed by atoms with Gasteiger partial charge in [-0.15, -0.1) is 0 Å². The van der Waals surface area contributed by atoms with E-state index in [2.05, 4.69) is 4.98 Å². The predicted molar refractivity (Wildman–Crippen MR) is 41.6 cm³/mol. The van der Waals surface area contributed by atoms with Crippen LogP contribution in [0.5, 0.6) is 0 Å². The third-order valence-corrected chi connectivity index (χ3v) is 1.55. The van der Waals surface area contributed by atoms with E-state index < -0.39 is 29.1 Å². The molecule has 82 valence electrons. The summed E-state index contributed by atoms with van der Waals surface area (Å²) < 4.78 is 36.5. The van der Waals surface area contributed by atoms with E-state index in [0.717, 1.165) is 0 Å². The molecular weight excluding hydrogens is 217 g/mol. The molecule has 0 fully saturated rings. The van der Waals surface area contributed by atoms with Crippen LogP contribution in [0.25, 0.3) is 0 Å². The van der Waals surface area contributed by atoms with E-state index in [1.165, 1.54) is 5.48 Å². The second-order valence-corrected chi connectivity index (χ2v) is 2.53. The minimum Gasteiger partial charge on any atom is -0.478 e. The van der Waals surface area contributed by atoms with Gasteiger partial charge in [-0.1, -0.05) is 0 Å². The number of carbonyl (C=O) groups is 1. The average Bonchev–Trinajstić information content (AvgIpc) is 2.15. The lowest BCUT2D eigenvalue weighted by Gasteiger charge is -2.08. The Balaban J connectivity index is 3.28. The number of carboxylic acid groups (broad SMARTS) is 1. The zero-order valence-electron chi connectivity index (χ0n) is 7.04. The third kappa shape index (κ3) is 2.34. The molecule has 0 atom stereocenters. The summed E-state index contributed by atoms with van der Waals surface area (Å²) in [5, 5.41) is 16.9. The van der Waals surface area contributed by atoms with Crippen molar-refractivity contribution in [1.82, 2.24) is 4.98 Å². The number of pyridine rings is 1. The largest absolute Gasteiger partial charge is 0.478 e. The maximum Gasteiger partial charge on any atom is 0.417 e. The second kappa shape index (κ2) is 3.73. The Bertz CT molecular complexity index is 392. The summed E-state index contributed by atoms with van der Waals surface area (Å²) in [4.78, 5) is 13.6. The van der Waals surface area contributed by atoms with E-state index >= 15 is 0 Å². The van der Waals surface area contributed by atoms with Gasteiger partial charge < -0.3 is 5.11 Å².